The lowest BCUT2D eigenvalue weighted by molar-refractivity contribution is 0.0273. The van der Waals surface area contributed by atoms with Crippen molar-refractivity contribution in [2.75, 3.05) is 0 Å². The molecule has 2 fully saturated rings. The minimum atomic E-state index is 0.276. The zero-order valence-electron chi connectivity index (χ0n) is 12.1. The molecular weight excluding hydrogens is 236 g/mol. The molecule has 1 aromatic heterocycles. The topological polar surface area (TPSA) is 48.1 Å². The van der Waals surface area contributed by atoms with Gasteiger partial charge in [0.05, 0.1) is 0 Å². The van der Waals surface area contributed by atoms with E-state index in [1.54, 1.807) is 6.20 Å². The van der Waals surface area contributed by atoms with E-state index < -0.39 is 0 Å². The van der Waals surface area contributed by atoms with Gasteiger partial charge < -0.3 is 10.5 Å². The highest BCUT2D eigenvalue weighted by atomic mass is 16.5. The third kappa shape index (κ3) is 1.78. The highest BCUT2D eigenvalue weighted by Gasteiger charge is 2.62. The molecule has 1 aromatic rings. The predicted octanol–water partition coefficient (Wildman–Crippen LogP) is 3.13. The van der Waals surface area contributed by atoms with Gasteiger partial charge in [0.15, 0.2) is 0 Å². The maximum absolute atomic E-state index is 6.22. The van der Waals surface area contributed by atoms with Gasteiger partial charge in [-0.3, -0.25) is 0 Å². The molecule has 3 nitrogen and oxygen atoms in total. The van der Waals surface area contributed by atoms with Crippen LogP contribution in [-0.2, 0) is 6.54 Å². The van der Waals surface area contributed by atoms with Crippen LogP contribution in [0.4, 0.5) is 0 Å². The van der Waals surface area contributed by atoms with Crippen molar-refractivity contribution < 1.29 is 4.74 Å². The monoisotopic (exact) mass is 260 g/mol. The SMILES string of the molecule is CC1(C)C2CCC1(C)C(Oc1cc(CN)ccn1)C2. The van der Waals surface area contributed by atoms with E-state index >= 15 is 0 Å². The highest BCUT2D eigenvalue weighted by molar-refractivity contribution is 5.22. The number of hydrogen-bond donors (Lipinski definition) is 1. The van der Waals surface area contributed by atoms with Gasteiger partial charge in [-0.15, -0.1) is 0 Å². The number of fused-ring (bicyclic) bond motifs is 2. The van der Waals surface area contributed by atoms with E-state index in [2.05, 4.69) is 25.8 Å². The molecule has 0 amide bonds. The lowest BCUT2D eigenvalue weighted by atomic mass is 9.70. The summed E-state index contributed by atoms with van der Waals surface area (Å²) in [5.74, 6) is 1.53. The average Bonchev–Trinajstić information content (AvgIpc) is 2.72. The largest absolute Gasteiger partial charge is 0.474 e. The van der Waals surface area contributed by atoms with Crippen LogP contribution >= 0.6 is 0 Å². The normalized spacial score (nSPS) is 35.6. The summed E-state index contributed by atoms with van der Waals surface area (Å²) < 4.78 is 6.22. The Kier molecular flexibility index (Phi) is 2.86. The number of ether oxygens (including phenoxy) is 1. The van der Waals surface area contributed by atoms with Crippen LogP contribution in [0.25, 0.3) is 0 Å². The molecule has 3 heteroatoms. The van der Waals surface area contributed by atoms with Crippen LogP contribution < -0.4 is 10.5 Å². The summed E-state index contributed by atoms with van der Waals surface area (Å²) in [7, 11) is 0. The summed E-state index contributed by atoms with van der Waals surface area (Å²) in [6.45, 7) is 7.72. The van der Waals surface area contributed by atoms with E-state index in [0.29, 0.717) is 18.1 Å². The average molecular weight is 260 g/mol. The first kappa shape index (κ1) is 12.9. The lowest BCUT2D eigenvalue weighted by Gasteiger charge is -2.38. The van der Waals surface area contributed by atoms with Crippen molar-refractivity contribution in [3.8, 4) is 5.88 Å². The van der Waals surface area contributed by atoms with E-state index in [-0.39, 0.29) is 5.41 Å². The molecule has 3 unspecified atom stereocenters. The molecular formula is C16H24N2O. The van der Waals surface area contributed by atoms with Gasteiger partial charge in [0, 0.05) is 24.2 Å². The predicted molar refractivity (Wildman–Crippen MR) is 75.8 cm³/mol. The van der Waals surface area contributed by atoms with E-state index in [0.717, 1.165) is 23.8 Å². The van der Waals surface area contributed by atoms with E-state index in [1.807, 2.05) is 12.1 Å². The molecule has 0 spiro atoms. The van der Waals surface area contributed by atoms with Gasteiger partial charge in [-0.1, -0.05) is 20.8 Å². The highest BCUT2D eigenvalue weighted by Crippen LogP contribution is 2.66. The molecule has 2 aliphatic carbocycles. The number of pyridine rings is 1. The molecule has 0 radical (unpaired) electrons. The Labute approximate surface area is 115 Å². The Morgan fingerprint density at radius 3 is 2.79 bits per heavy atom. The molecule has 0 aliphatic heterocycles. The van der Waals surface area contributed by atoms with E-state index in [1.165, 1.54) is 12.8 Å². The van der Waals surface area contributed by atoms with Crippen molar-refractivity contribution in [1.82, 2.24) is 4.98 Å². The van der Waals surface area contributed by atoms with E-state index in [4.69, 9.17) is 10.5 Å². The van der Waals surface area contributed by atoms with Crippen LogP contribution in [0.3, 0.4) is 0 Å². The fourth-order valence-electron chi connectivity index (χ4n) is 4.10. The molecule has 0 saturated heterocycles. The van der Waals surface area contributed by atoms with Crippen molar-refractivity contribution in [3.05, 3.63) is 23.9 Å². The number of nitrogens with zero attached hydrogens (tertiary/aromatic N) is 1. The number of aromatic nitrogens is 1. The minimum absolute atomic E-state index is 0.276. The van der Waals surface area contributed by atoms with Gasteiger partial charge in [0.2, 0.25) is 5.88 Å². The standard InChI is InChI=1S/C16H24N2O/c1-15(2)12-4-6-16(15,3)13(9-12)19-14-8-11(10-17)5-7-18-14/h5,7-8,12-13H,4,6,9-10,17H2,1-3H3. The summed E-state index contributed by atoms with van der Waals surface area (Å²) >= 11 is 0. The zero-order valence-corrected chi connectivity index (χ0v) is 12.1. The first-order chi connectivity index (χ1) is 8.97. The molecule has 2 saturated carbocycles. The summed E-state index contributed by atoms with van der Waals surface area (Å²) in [6, 6.07) is 3.92. The van der Waals surface area contributed by atoms with Crippen LogP contribution in [0.15, 0.2) is 18.3 Å². The van der Waals surface area contributed by atoms with Crippen LogP contribution in [0, 0.1) is 16.7 Å². The third-order valence-corrected chi connectivity index (χ3v) is 6.01. The van der Waals surface area contributed by atoms with Gasteiger partial charge in [-0.25, -0.2) is 4.98 Å². The lowest BCUT2D eigenvalue weighted by Crippen LogP contribution is -2.39. The molecule has 0 aromatic carbocycles. The van der Waals surface area contributed by atoms with Crippen LogP contribution in [0.5, 0.6) is 5.88 Å². The third-order valence-electron chi connectivity index (χ3n) is 6.01. The Hall–Kier alpha value is -1.09. The van der Waals surface area contributed by atoms with Gasteiger partial charge >= 0.3 is 0 Å². The molecule has 19 heavy (non-hydrogen) atoms. The first-order valence-corrected chi connectivity index (χ1v) is 7.29. The van der Waals surface area contributed by atoms with Gasteiger partial charge in [0.25, 0.3) is 0 Å². The number of hydrogen-bond acceptors (Lipinski definition) is 3. The van der Waals surface area contributed by atoms with Gasteiger partial charge in [-0.2, -0.15) is 0 Å². The Bertz CT molecular complexity index is 485. The fourth-order valence-corrected chi connectivity index (χ4v) is 4.10. The zero-order chi connectivity index (χ0) is 13.7. The minimum Gasteiger partial charge on any atom is -0.474 e. The fraction of sp³-hybridized carbons (Fsp3) is 0.688. The second-order valence-electron chi connectivity index (χ2n) is 6.92. The Balaban J connectivity index is 1.82. The van der Waals surface area contributed by atoms with Crippen LogP contribution in [-0.4, -0.2) is 11.1 Å². The Morgan fingerprint density at radius 2 is 2.21 bits per heavy atom. The summed E-state index contributed by atoms with van der Waals surface area (Å²) in [5.41, 5.74) is 7.41. The molecule has 2 bridgehead atoms. The van der Waals surface area contributed by atoms with Crippen molar-refractivity contribution in [2.45, 2.75) is 52.7 Å². The summed E-state index contributed by atoms with van der Waals surface area (Å²) in [6.07, 6.45) is 5.86. The van der Waals surface area contributed by atoms with Crippen molar-refractivity contribution in [1.29, 1.82) is 0 Å². The van der Waals surface area contributed by atoms with Crippen molar-refractivity contribution in [3.63, 3.8) is 0 Å². The number of nitrogens with two attached hydrogens (primary N) is 1. The van der Waals surface area contributed by atoms with E-state index in [9.17, 15) is 0 Å². The molecule has 3 rings (SSSR count). The molecule has 1 heterocycles. The van der Waals surface area contributed by atoms with Gasteiger partial charge in [-0.05, 0) is 42.2 Å². The smallest absolute Gasteiger partial charge is 0.213 e. The summed E-state index contributed by atoms with van der Waals surface area (Å²) in [4.78, 5) is 4.34. The van der Waals surface area contributed by atoms with Crippen molar-refractivity contribution >= 4 is 0 Å². The Morgan fingerprint density at radius 1 is 1.42 bits per heavy atom. The number of rotatable bonds is 3. The van der Waals surface area contributed by atoms with Crippen LogP contribution in [0.1, 0.15) is 45.6 Å². The second-order valence-corrected chi connectivity index (χ2v) is 6.92. The van der Waals surface area contributed by atoms with Crippen LogP contribution in [0.2, 0.25) is 0 Å². The van der Waals surface area contributed by atoms with Crippen molar-refractivity contribution in [2.24, 2.45) is 22.5 Å². The molecule has 2 N–H and O–H groups in total. The first-order valence-electron chi connectivity index (χ1n) is 7.29. The summed E-state index contributed by atoms with van der Waals surface area (Å²) in [5, 5.41) is 0. The maximum atomic E-state index is 6.22. The van der Waals surface area contributed by atoms with Gasteiger partial charge in [0.1, 0.15) is 6.10 Å². The maximum Gasteiger partial charge on any atom is 0.213 e. The molecule has 104 valence electrons. The second kappa shape index (κ2) is 4.20. The molecule has 2 aliphatic rings. The molecule has 3 atom stereocenters. The quantitative estimate of drug-likeness (QED) is 0.908.